The van der Waals surface area contributed by atoms with E-state index in [1.54, 1.807) is 0 Å². The van der Waals surface area contributed by atoms with Gasteiger partial charge in [0.15, 0.2) is 0 Å². The van der Waals surface area contributed by atoms with E-state index in [2.05, 4.69) is 10.2 Å². The van der Waals surface area contributed by atoms with Crippen LogP contribution in [0.4, 0.5) is 12.0 Å². The first-order valence-electron chi connectivity index (χ1n) is 4.25. The maximum absolute atomic E-state index is 5.37. The number of ether oxygens (including phenoxy) is 1. The third-order valence-corrected chi connectivity index (χ3v) is 1.95. The summed E-state index contributed by atoms with van der Waals surface area (Å²) in [4.78, 5) is 1.93. The van der Waals surface area contributed by atoms with Gasteiger partial charge in [0.1, 0.15) is 0 Å². The van der Waals surface area contributed by atoms with Crippen molar-refractivity contribution in [1.82, 2.24) is 10.2 Å². The molecular formula is C7H12N4O2. The van der Waals surface area contributed by atoms with E-state index in [1.807, 2.05) is 11.8 Å². The van der Waals surface area contributed by atoms with Crippen molar-refractivity contribution in [3.8, 4) is 0 Å². The molecule has 1 aromatic heterocycles. The lowest BCUT2D eigenvalue weighted by atomic mass is 10.2. The Kier molecular flexibility index (Phi) is 2.05. The summed E-state index contributed by atoms with van der Waals surface area (Å²) in [6.07, 6.45) is 0.290. The van der Waals surface area contributed by atoms with Gasteiger partial charge in [-0.2, -0.15) is 0 Å². The molecule has 6 nitrogen and oxygen atoms in total. The molecule has 0 unspecified atom stereocenters. The third-order valence-electron chi connectivity index (χ3n) is 1.95. The SMILES string of the molecule is CCOC1CN(c2nnc(N)o2)C1. The third kappa shape index (κ3) is 1.57. The summed E-state index contributed by atoms with van der Waals surface area (Å²) < 4.78 is 10.4. The van der Waals surface area contributed by atoms with Gasteiger partial charge in [-0.3, -0.25) is 0 Å². The van der Waals surface area contributed by atoms with Gasteiger partial charge in [0.2, 0.25) is 0 Å². The number of nitrogen functional groups attached to an aromatic ring is 1. The summed E-state index contributed by atoms with van der Waals surface area (Å²) in [5.74, 6) is 0. The lowest BCUT2D eigenvalue weighted by Crippen LogP contribution is -2.52. The molecule has 0 aromatic carbocycles. The van der Waals surface area contributed by atoms with Crippen LogP contribution >= 0.6 is 0 Å². The zero-order valence-electron chi connectivity index (χ0n) is 7.43. The van der Waals surface area contributed by atoms with Crippen LogP contribution in [0.1, 0.15) is 6.92 Å². The fourth-order valence-corrected chi connectivity index (χ4v) is 1.29. The van der Waals surface area contributed by atoms with E-state index in [4.69, 9.17) is 14.9 Å². The molecule has 2 heterocycles. The van der Waals surface area contributed by atoms with Gasteiger partial charge in [-0.15, -0.1) is 0 Å². The second-order valence-electron chi connectivity index (χ2n) is 2.91. The lowest BCUT2D eigenvalue weighted by molar-refractivity contribution is 0.0408. The molecule has 0 saturated carbocycles. The normalized spacial score (nSPS) is 17.5. The maximum atomic E-state index is 5.37. The van der Waals surface area contributed by atoms with Crippen LogP contribution < -0.4 is 10.6 Å². The first-order valence-corrected chi connectivity index (χ1v) is 4.25. The fourth-order valence-electron chi connectivity index (χ4n) is 1.29. The van der Waals surface area contributed by atoms with E-state index in [0.29, 0.717) is 6.01 Å². The minimum Gasteiger partial charge on any atom is -0.390 e. The number of rotatable bonds is 3. The average molecular weight is 184 g/mol. The Balaban J connectivity index is 1.86. The second-order valence-corrected chi connectivity index (χ2v) is 2.91. The molecule has 2 rings (SSSR count). The van der Waals surface area contributed by atoms with E-state index in [0.717, 1.165) is 19.7 Å². The lowest BCUT2D eigenvalue weighted by Gasteiger charge is -2.36. The van der Waals surface area contributed by atoms with E-state index in [-0.39, 0.29) is 12.1 Å². The Morgan fingerprint density at radius 2 is 2.38 bits per heavy atom. The molecule has 0 atom stereocenters. The molecule has 0 aliphatic carbocycles. The number of nitrogens with two attached hydrogens (primary N) is 1. The van der Waals surface area contributed by atoms with Crippen LogP contribution in [0.2, 0.25) is 0 Å². The highest BCUT2D eigenvalue weighted by molar-refractivity contribution is 5.32. The van der Waals surface area contributed by atoms with Crippen molar-refractivity contribution >= 4 is 12.0 Å². The van der Waals surface area contributed by atoms with Crippen LogP contribution in [0.3, 0.4) is 0 Å². The predicted octanol–water partition coefficient (Wildman–Crippen LogP) is -0.123. The highest BCUT2D eigenvalue weighted by Gasteiger charge is 2.30. The second kappa shape index (κ2) is 3.21. The zero-order valence-corrected chi connectivity index (χ0v) is 7.43. The molecule has 1 aliphatic rings. The van der Waals surface area contributed by atoms with E-state index >= 15 is 0 Å². The smallest absolute Gasteiger partial charge is 0.319 e. The summed E-state index contributed by atoms with van der Waals surface area (Å²) in [5, 5.41) is 7.33. The molecule has 0 radical (unpaired) electrons. The summed E-state index contributed by atoms with van der Waals surface area (Å²) >= 11 is 0. The molecule has 1 fully saturated rings. The van der Waals surface area contributed by atoms with Crippen LogP contribution in [0.5, 0.6) is 0 Å². The van der Waals surface area contributed by atoms with Crippen molar-refractivity contribution in [1.29, 1.82) is 0 Å². The topological polar surface area (TPSA) is 77.4 Å². The Bertz CT molecular complexity index is 282. The molecule has 1 saturated heterocycles. The molecule has 0 spiro atoms. The number of anilines is 2. The Labute approximate surface area is 75.7 Å². The van der Waals surface area contributed by atoms with Gasteiger partial charge in [-0.05, 0) is 6.92 Å². The van der Waals surface area contributed by atoms with Crippen LogP contribution in [-0.4, -0.2) is 36.0 Å². The van der Waals surface area contributed by atoms with Gasteiger partial charge < -0.3 is 19.8 Å². The number of hydrogen-bond donors (Lipinski definition) is 1. The highest BCUT2D eigenvalue weighted by atomic mass is 16.5. The van der Waals surface area contributed by atoms with Gasteiger partial charge in [-0.1, -0.05) is 10.2 Å². The summed E-state index contributed by atoms with van der Waals surface area (Å²) in [6.45, 7) is 4.32. The first kappa shape index (κ1) is 8.31. The fraction of sp³-hybridized carbons (Fsp3) is 0.714. The highest BCUT2D eigenvalue weighted by Crippen LogP contribution is 2.21. The molecule has 6 heteroatoms. The van der Waals surface area contributed by atoms with Gasteiger partial charge >= 0.3 is 12.0 Å². The van der Waals surface area contributed by atoms with Gasteiger partial charge in [0.25, 0.3) is 0 Å². The van der Waals surface area contributed by atoms with Crippen molar-refractivity contribution in [3.05, 3.63) is 0 Å². The molecule has 2 N–H and O–H groups in total. The molecular weight excluding hydrogens is 172 g/mol. The summed E-state index contributed by atoms with van der Waals surface area (Å²) in [6, 6.07) is 0.586. The minimum atomic E-state index is 0.106. The number of nitrogens with zero attached hydrogens (tertiary/aromatic N) is 3. The number of hydrogen-bond acceptors (Lipinski definition) is 6. The van der Waals surface area contributed by atoms with Gasteiger partial charge in [0.05, 0.1) is 19.2 Å². The van der Waals surface area contributed by atoms with E-state index < -0.39 is 0 Å². The molecule has 0 bridgehead atoms. The van der Waals surface area contributed by atoms with Crippen molar-refractivity contribution in [2.45, 2.75) is 13.0 Å². The van der Waals surface area contributed by atoms with Crippen molar-refractivity contribution in [3.63, 3.8) is 0 Å². The quantitative estimate of drug-likeness (QED) is 0.705. The minimum absolute atomic E-state index is 0.106. The standard InChI is InChI=1S/C7H12N4O2/c1-2-12-5-3-11(4-5)7-10-9-6(8)13-7/h5H,2-4H2,1H3,(H2,8,9). The van der Waals surface area contributed by atoms with Crippen molar-refractivity contribution in [2.24, 2.45) is 0 Å². The average Bonchev–Trinajstić information content (AvgIpc) is 2.43. The van der Waals surface area contributed by atoms with Crippen LogP contribution in [0.15, 0.2) is 4.42 Å². The largest absolute Gasteiger partial charge is 0.390 e. The summed E-state index contributed by atoms with van der Waals surface area (Å²) in [5.41, 5.74) is 5.29. The van der Waals surface area contributed by atoms with Crippen molar-refractivity contribution in [2.75, 3.05) is 30.3 Å². The van der Waals surface area contributed by atoms with Crippen LogP contribution in [0, 0.1) is 0 Å². The Hall–Kier alpha value is -1.30. The maximum Gasteiger partial charge on any atom is 0.319 e. The molecule has 13 heavy (non-hydrogen) atoms. The molecule has 0 amide bonds. The first-order chi connectivity index (χ1) is 6.29. The summed E-state index contributed by atoms with van der Waals surface area (Å²) in [7, 11) is 0. The molecule has 1 aliphatic heterocycles. The monoisotopic (exact) mass is 184 g/mol. The zero-order chi connectivity index (χ0) is 9.26. The number of aromatic nitrogens is 2. The van der Waals surface area contributed by atoms with Crippen LogP contribution in [0.25, 0.3) is 0 Å². The van der Waals surface area contributed by atoms with E-state index in [9.17, 15) is 0 Å². The van der Waals surface area contributed by atoms with E-state index in [1.165, 1.54) is 0 Å². The van der Waals surface area contributed by atoms with Gasteiger partial charge in [-0.25, -0.2) is 0 Å². The van der Waals surface area contributed by atoms with Gasteiger partial charge in [0, 0.05) is 6.61 Å². The predicted molar refractivity (Wildman–Crippen MR) is 46.3 cm³/mol. The van der Waals surface area contributed by atoms with Crippen molar-refractivity contribution < 1.29 is 9.15 Å². The molecule has 1 aromatic rings. The molecule has 72 valence electrons. The van der Waals surface area contributed by atoms with Crippen LogP contribution in [-0.2, 0) is 4.74 Å². The Morgan fingerprint density at radius 3 is 2.92 bits per heavy atom. The Morgan fingerprint density at radius 1 is 1.62 bits per heavy atom.